The lowest BCUT2D eigenvalue weighted by Crippen LogP contribution is -2.39. The first-order valence-corrected chi connectivity index (χ1v) is 19.6. The van der Waals surface area contributed by atoms with Gasteiger partial charge in [-0.15, -0.1) is 0 Å². The van der Waals surface area contributed by atoms with E-state index in [0.717, 1.165) is 11.1 Å². The summed E-state index contributed by atoms with van der Waals surface area (Å²) in [5, 5.41) is 25.7. The standard InChI is InChI=1S/2C25H17NO5/c2*27-25-22-21(17-11-5-2-6-12-17)23(26(28)29)20(15-16-9-3-1-4-10-16)30-24(22)18-13-7-8-14-19(18)31-25/h2*1-15,21,23H/b2*20-15+/t2*21-,23-/m10/s1. The fourth-order valence-corrected chi connectivity index (χ4v) is 8.16. The first kappa shape index (κ1) is 39.1. The average molecular weight is 823 g/mol. The SMILES string of the molecule is O=c1oc2ccccc2c2c1[C@@H](c1ccccc1)[C@H]([N+](=O)[O-])/C(=C\c1ccccc1)O2.O=c1oc2ccccc2c2c1[C@H](c1ccccc1)[C@@H]([N+](=O)[O-])/C(=C\c1ccccc1)O2. The Morgan fingerprint density at radius 3 is 1.11 bits per heavy atom. The summed E-state index contributed by atoms with van der Waals surface area (Å²) >= 11 is 0. The molecule has 0 saturated carbocycles. The van der Waals surface area contributed by atoms with E-state index in [4.69, 9.17) is 18.3 Å². The molecule has 10 rings (SSSR count). The molecule has 0 saturated heterocycles. The molecule has 8 aromatic rings. The van der Waals surface area contributed by atoms with E-state index in [1.54, 1.807) is 97.1 Å². The smallest absolute Gasteiger partial charge is 0.344 e. The van der Waals surface area contributed by atoms with Crippen molar-refractivity contribution >= 4 is 34.1 Å². The number of fused-ring (bicyclic) bond motifs is 6. The molecule has 304 valence electrons. The van der Waals surface area contributed by atoms with Crippen LogP contribution in [0.15, 0.2) is 200 Å². The van der Waals surface area contributed by atoms with Gasteiger partial charge in [0.15, 0.2) is 11.5 Å². The van der Waals surface area contributed by atoms with Crippen molar-refractivity contribution in [3.05, 3.63) is 256 Å². The summed E-state index contributed by atoms with van der Waals surface area (Å²) in [7, 11) is 0. The number of rotatable bonds is 6. The molecule has 0 radical (unpaired) electrons. The van der Waals surface area contributed by atoms with Crippen molar-refractivity contribution in [3.8, 4) is 11.5 Å². The monoisotopic (exact) mass is 822 g/mol. The highest BCUT2D eigenvalue weighted by Crippen LogP contribution is 2.46. The van der Waals surface area contributed by atoms with Gasteiger partial charge in [-0.2, -0.15) is 0 Å². The Balaban J connectivity index is 0.000000158. The number of nitro groups is 2. The number of hydrogen-bond acceptors (Lipinski definition) is 10. The molecule has 2 aliphatic rings. The van der Waals surface area contributed by atoms with Gasteiger partial charge in [0.2, 0.25) is 0 Å². The molecule has 6 aromatic carbocycles. The van der Waals surface area contributed by atoms with Crippen LogP contribution in [-0.2, 0) is 0 Å². The molecule has 12 heteroatoms. The minimum Gasteiger partial charge on any atom is -0.453 e. The van der Waals surface area contributed by atoms with Crippen LogP contribution >= 0.6 is 0 Å². The Morgan fingerprint density at radius 2 is 0.758 bits per heavy atom. The van der Waals surface area contributed by atoms with Crippen LogP contribution in [0, 0.1) is 20.2 Å². The Hall–Kier alpha value is -8.38. The fourth-order valence-electron chi connectivity index (χ4n) is 8.16. The Kier molecular flexibility index (Phi) is 10.5. The molecule has 0 amide bonds. The number of para-hydroxylation sites is 2. The third-order valence-corrected chi connectivity index (χ3v) is 10.9. The van der Waals surface area contributed by atoms with Crippen LogP contribution in [0.5, 0.6) is 11.5 Å². The van der Waals surface area contributed by atoms with Gasteiger partial charge in [-0.1, -0.05) is 146 Å². The van der Waals surface area contributed by atoms with E-state index in [1.165, 1.54) is 0 Å². The first-order chi connectivity index (χ1) is 30.3. The zero-order chi connectivity index (χ0) is 42.7. The Bertz CT molecular complexity index is 2930. The second kappa shape index (κ2) is 16.7. The van der Waals surface area contributed by atoms with Crippen LogP contribution in [0.3, 0.4) is 0 Å². The summed E-state index contributed by atoms with van der Waals surface area (Å²) in [6.45, 7) is 0. The highest BCUT2D eigenvalue weighted by Gasteiger charge is 2.48. The fraction of sp³-hybridized carbons (Fsp3) is 0.0800. The lowest BCUT2D eigenvalue weighted by Gasteiger charge is -2.30. The Morgan fingerprint density at radius 1 is 0.435 bits per heavy atom. The molecule has 0 aliphatic carbocycles. The molecule has 0 unspecified atom stereocenters. The lowest BCUT2D eigenvalue weighted by molar-refractivity contribution is -0.519. The highest BCUT2D eigenvalue weighted by atomic mass is 16.6. The summed E-state index contributed by atoms with van der Waals surface area (Å²) in [6.07, 6.45) is 3.32. The molecule has 12 nitrogen and oxygen atoms in total. The third-order valence-electron chi connectivity index (χ3n) is 10.9. The van der Waals surface area contributed by atoms with E-state index >= 15 is 0 Å². The molecule has 0 N–H and O–H groups in total. The summed E-state index contributed by atoms with van der Waals surface area (Å²) < 4.78 is 23.3. The van der Waals surface area contributed by atoms with Gasteiger partial charge >= 0.3 is 11.3 Å². The van der Waals surface area contributed by atoms with Crippen molar-refractivity contribution in [3.63, 3.8) is 0 Å². The Labute approximate surface area is 352 Å². The molecule has 0 fully saturated rings. The van der Waals surface area contributed by atoms with Gasteiger partial charge in [0.05, 0.1) is 33.7 Å². The molecule has 62 heavy (non-hydrogen) atoms. The molecule has 0 bridgehead atoms. The molecular formula is C50H34N2O10. The normalized spacial score (nSPS) is 19.0. The molecular weight excluding hydrogens is 789 g/mol. The maximum absolute atomic E-state index is 13.0. The second-order valence-corrected chi connectivity index (χ2v) is 14.6. The van der Waals surface area contributed by atoms with Crippen LogP contribution < -0.4 is 20.7 Å². The average Bonchev–Trinajstić information content (AvgIpc) is 3.29. The highest BCUT2D eigenvalue weighted by molar-refractivity contribution is 5.87. The van der Waals surface area contributed by atoms with E-state index in [-0.39, 0.29) is 22.6 Å². The molecule has 2 aromatic heterocycles. The summed E-state index contributed by atoms with van der Waals surface area (Å²) in [5.74, 6) is -0.741. The van der Waals surface area contributed by atoms with Gasteiger partial charge in [0.25, 0.3) is 12.1 Å². The van der Waals surface area contributed by atoms with Gasteiger partial charge in [-0.25, -0.2) is 9.59 Å². The van der Waals surface area contributed by atoms with Gasteiger partial charge in [0.1, 0.15) is 22.7 Å². The van der Waals surface area contributed by atoms with Crippen LogP contribution in [-0.4, -0.2) is 21.9 Å². The van der Waals surface area contributed by atoms with Crippen molar-refractivity contribution < 1.29 is 28.2 Å². The zero-order valence-corrected chi connectivity index (χ0v) is 32.6. The predicted octanol–water partition coefficient (Wildman–Crippen LogP) is 10.0. The van der Waals surface area contributed by atoms with E-state index < -0.39 is 45.0 Å². The lowest BCUT2D eigenvalue weighted by atomic mass is 9.82. The zero-order valence-electron chi connectivity index (χ0n) is 32.6. The van der Waals surface area contributed by atoms with Crippen molar-refractivity contribution in [2.45, 2.75) is 23.9 Å². The van der Waals surface area contributed by atoms with Crippen LogP contribution in [0.1, 0.15) is 45.2 Å². The van der Waals surface area contributed by atoms with Crippen molar-refractivity contribution in [2.24, 2.45) is 0 Å². The third kappa shape index (κ3) is 7.41. The summed E-state index contributed by atoms with van der Waals surface area (Å²) in [5.41, 5.74) is 2.65. The molecule has 0 spiro atoms. The quantitative estimate of drug-likeness (QED) is 0.0895. The van der Waals surface area contributed by atoms with Gasteiger partial charge < -0.3 is 18.3 Å². The molecule has 4 atom stereocenters. The topological polar surface area (TPSA) is 165 Å². The number of hydrogen-bond donors (Lipinski definition) is 0. The predicted molar refractivity (Wildman–Crippen MR) is 233 cm³/mol. The van der Waals surface area contributed by atoms with E-state index in [0.29, 0.717) is 44.6 Å². The maximum atomic E-state index is 13.0. The second-order valence-electron chi connectivity index (χ2n) is 14.6. The largest absolute Gasteiger partial charge is 0.453 e. The van der Waals surface area contributed by atoms with E-state index in [1.807, 2.05) is 84.9 Å². The summed E-state index contributed by atoms with van der Waals surface area (Å²) in [4.78, 5) is 49.8. The van der Waals surface area contributed by atoms with E-state index in [2.05, 4.69) is 0 Å². The van der Waals surface area contributed by atoms with Crippen LogP contribution in [0.4, 0.5) is 0 Å². The summed E-state index contributed by atoms with van der Waals surface area (Å²) in [6, 6.07) is 48.0. The van der Waals surface area contributed by atoms with E-state index in [9.17, 15) is 29.8 Å². The molecule has 2 aliphatic heterocycles. The van der Waals surface area contributed by atoms with Gasteiger partial charge in [0, 0.05) is 9.85 Å². The van der Waals surface area contributed by atoms with Crippen molar-refractivity contribution in [1.82, 2.24) is 0 Å². The van der Waals surface area contributed by atoms with Crippen LogP contribution in [0.2, 0.25) is 0 Å². The minimum atomic E-state index is -1.28. The van der Waals surface area contributed by atoms with Gasteiger partial charge in [-0.3, -0.25) is 20.2 Å². The number of nitrogens with zero attached hydrogens (tertiary/aromatic N) is 2. The van der Waals surface area contributed by atoms with Crippen molar-refractivity contribution in [2.75, 3.05) is 0 Å². The molecule has 4 heterocycles. The number of ether oxygens (including phenoxy) is 2. The minimum absolute atomic E-state index is 0.164. The first-order valence-electron chi connectivity index (χ1n) is 19.6. The maximum Gasteiger partial charge on any atom is 0.344 e. The van der Waals surface area contributed by atoms with Gasteiger partial charge in [-0.05, 0) is 58.7 Å². The van der Waals surface area contributed by atoms with Crippen molar-refractivity contribution in [1.29, 1.82) is 0 Å². The number of benzene rings is 6. The van der Waals surface area contributed by atoms with Crippen LogP contribution in [0.25, 0.3) is 34.1 Å².